The Labute approximate surface area is 191 Å². The number of Topliss-reactive ketones (excluding diaryl/α,β-unsaturated/α-hetero) is 1. The molecule has 1 rings (SSSR count). The number of carbonyl (C=O) groups excluding carboxylic acids is 1. The second-order valence-electron chi connectivity index (χ2n) is 6.73. The summed E-state index contributed by atoms with van der Waals surface area (Å²) in [6.45, 7) is 14.9. The second kappa shape index (κ2) is 13.3. The van der Waals surface area contributed by atoms with Crippen molar-refractivity contribution < 1.29 is 14.3 Å². The zero-order valence-electron chi connectivity index (χ0n) is 19.2. The van der Waals surface area contributed by atoms with E-state index in [1.807, 2.05) is 26.8 Å². The van der Waals surface area contributed by atoms with Gasteiger partial charge in [-0.1, -0.05) is 19.2 Å². The third-order valence-electron chi connectivity index (χ3n) is 4.11. The number of hydrogen-bond donors (Lipinski definition) is 2. The molecule has 1 aromatic rings. The normalized spacial score (nSPS) is 13.8. The molecule has 4 N–H and O–H groups in total. The molecule has 168 valence electrons. The van der Waals surface area contributed by atoms with Crippen LogP contribution in [0.1, 0.15) is 38.1 Å². The number of rotatable bonds is 11. The summed E-state index contributed by atoms with van der Waals surface area (Å²) in [6, 6.07) is 6.82. The Bertz CT molecular complexity index is 1010. The molecule has 0 heterocycles. The molecule has 5 heteroatoms. The van der Waals surface area contributed by atoms with E-state index in [1.165, 1.54) is 0 Å². The zero-order chi connectivity index (χ0) is 24.1. The number of allylic oxidation sites excluding steroid dienone is 10. The van der Waals surface area contributed by atoms with Crippen LogP contribution in [0.25, 0.3) is 0 Å². The number of hydrogen-bond acceptors (Lipinski definition) is 5. The monoisotopic (exact) mass is 432 g/mol. The third kappa shape index (κ3) is 8.79. The SMILES string of the molecule is C=C/C(=C\C(N)=C/C)OC(/C=C\C(=C)C(=O)c1ccc(OC(/C=C(\C)N)=C/C)cc1)=C/C. The third-order valence-corrected chi connectivity index (χ3v) is 4.11. The molecule has 0 fully saturated rings. The van der Waals surface area contributed by atoms with Crippen molar-refractivity contribution in [1.29, 1.82) is 0 Å². The largest absolute Gasteiger partial charge is 0.458 e. The maximum absolute atomic E-state index is 12.7. The summed E-state index contributed by atoms with van der Waals surface area (Å²) in [4.78, 5) is 12.7. The van der Waals surface area contributed by atoms with Gasteiger partial charge < -0.3 is 20.9 Å². The van der Waals surface area contributed by atoms with Gasteiger partial charge in [-0.3, -0.25) is 4.79 Å². The highest BCUT2D eigenvalue weighted by Gasteiger charge is 2.09. The van der Waals surface area contributed by atoms with E-state index in [0.717, 1.165) is 0 Å². The first-order valence-corrected chi connectivity index (χ1v) is 10.1. The van der Waals surface area contributed by atoms with Crippen LogP contribution in [0.4, 0.5) is 0 Å². The summed E-state index contributed by atoms with van der Waals surface area (Å²) in [5.41, 5.74) is 13.5. The molecule has 0 aliphatic heterocycles. The standard InChI is InChI=1S/C27H32N2O3/c1-7-22(29)18-25(10-4)31-23(8-2)14-11-19(5)27(30)21-12-15-26(16-13-21)32-24(9-3)17-20(6)28/h7-18H,4-5,28-29H2,1-3,6H3/b14-11-,20-17+,22-7+,23-8+,24-9+,25-18+. The molecule has 0 spiro atoms. The molecule has 32 heavy (non-hydrogen) atoms. The maximum atomic E-state index is 12.7. The van der Waals surface area contributed by atoms with Gasteiger partial charge in [0.1, 0.15) is 23.0 Å². The lowest BCUT2D eigenvalue weighted by molar-refractivity contribution is 0.103. The Kier molecular flexibility index (Phi) is 10.9. The number of ether oxygens (including phenoxy) is 2. The molecule has 0 bridgehead atoms. The molecule has 0 radical (unpaired) electrons. The van der Waals surface area contributed by atoms with E-state index in [2.05, 4.69) is 13.2 Å². The zero-order valence-corrected chi connectivity index (χ0v) is 19.2. The van der Waals surface area contributed by atoms with Crippen LogP contribution in [-0.2, 0) is 4.74 Å². The Morgan fingerprint density at radius 2 is 1.53 bits per heavy atom. The van der Waals surface area contributed by atoms with E-state index in [1.54, 1.807) is 73.7 Å². The molecular formula is C27H32N2O3. The van der Waals surface area contributed by atoms with E-state index in [4.69, 9.17) is 20.9 Å². The first kappa shape index (κ1) is 26.0. The van der Waals surface area contributed by atoms with E-state index in [-0.39, 0.29) is 5.78 Å². The summed E-state index contributed by atoms with van der Waals surface area (Å²) in [6.07, 6.45) is 13.5. The van der Waals surface area contributed by atoms with Crippen LogP contribution < -0.4 is 16.2 Å². The molecule has 0 aromatic heterocycles. The molecule has 1 aromatic carbocycles. The van der Waals surface area contributed by atoms with Gasteiger partial charge in [-0.25, -0.2) is 0 Å². The van der Waals surface area contributed by atoms with Crippen LogP contribution in [0.15, 0.2) is 120 Å². The Morgan fingerprint density at radius 1 is 0.906 bits per heavy atom. The predicted molar refractivity (Wildman–Crippen MR) is 132 cm³/mol. The summed E-state index contributed by atoms with van der Waals surface area (Å²) in [5.74, 6) is 2.04. The number of ketones is 1. The number of benzene rings is 1. The van der Waals surface area contributed by atoms with Crippen molar-refractivity contribution >= 4 is 5.78 Å². The fourth-order valence-corrected chi connectivity index (χ4v) is 2.35. The minimum atomic E-state index is -0.204. The van der Waals surface area contributed by atoms with Crippen molar-refractivity contribution in [3.05, 3.63) is 126 Å². The van der Waals surface area contributed by atoms with Gasteiger partial charge in [-0.2, -0.15) is 0 Å². The van der Waals surface area contributed by atoms with Crippen LogP contribution in [0, 0.1) is 0 Å². The fourth-order valence-electron chi connectivity index (χ4n) is 2.35. The van der Waals surface area contributed by atoms with Crippen LogP contribution >= 0.6 is 0 Å². The molecule has 0 amide bonds. The van der Waals surface area contributed by atoms with E-state index in [9.17, 15) is 4.79 Å². The quantitative estimate of drug-likeness (QED) is 0.194. The average molecular weight is 433 g/mol. The fraction of sp³-hybridized carbons (Fsp3) is 0.148. The van der Waals surface area contributed by atoms with Crippen molar-refractivity contribution in [1.82, 2.24) is 0 Å². The molecule has 5 nitrogen and oxygen atoms in total. The Morgan fingerprint density at radius 3 is 2.03 bits per heavy atom. The van der Waals surface area contributed by atoms with Gasteiger partial charge in [0.15, 0.2) is 5.78 Å². The molecule has 0 aliphatic carbocycles. The topological polar surface area (TPSA) is 87.6 Å². The van der Waals surface area contributed by atoms with Gasteiger partial charge in [0.2, 0.25) is 0 Å². The average Bonchev–Trinajstić information content (AvgIpc) is 2.79. The summed E-state index contributed by atoms with van der Waals surface area (Å²) < 4.78 is 11.5. The minimum Gasteiger partial charge on any atom is -0.458 e. The highest BCUT2D eigenvalue weighted by atomic mass is 16.5. The van der Waals surface area contributed by atoms with Crippen molar-refractivity contribution in [3.63, 3.8) is 0 Å². The molecule has 0 saturated carbocycles. The first-order chi connectivity index (χ1) is 15.2. The van der Waals surface area contributed by atoms with Gasteiger partial charge in [-0.15, -0.1) is 0 Å². The molecule has 0 atom stereocenters. The Hall–Kier alpha value is -3.99. The van der Waals surface area contributed by atoms with Crippen LogP contribution in [0.3, 0.4) is 0 Å². The molecular weight excluding hydrogens is 400 g/mol. The highest BCUT2D eigenvalue weighted by Crippen LogP contribution is 2.19. The lowest BCUT2D eigenvalue weighted by Crippen LogP contribution is -2.01. The van der Waals surface area contributed by atoms with Gasteiger partial charge in [0.05, 0.1) is 0 Å². The lowest BCUT2D eigenvalue weighted by atomic mass is 10.0. The van der Waals surface area contributed by atoms with Gasteiger partial charge in [0.25, 0.3) is 0 Å². The van der Waals surface area contributed by atoms with Crippen LogP contribution in [-0.4, -0.2) is 5.78 Å². The number of nitrogens with two attached hydrogens (primary N) is 2. The van der Waals surface area contributed by atoms with Gasteiger partial charge in [-0.05, 0) is 88.4 Å². The molecule has 0 unspecified atom stereocenters. The van der Waals surface area contributed by atoms with Crippen molar-refractivity contribution in [3.8, 4) is 5.75 Å². The summed E-state index contributed by atoms with van der Waals surface area (Å²) in [5, 5.41) is 0. The van der Waals surface area contributed by atoms with Crippen molar-refractivity contribution in [2.75, 3.05) is 0 Å². The predicted octanol–water partition coefficient (Wildman–Crippen LogP) is 5.98. The summed E-state index contributed by atoms with van der Waals surface area (Å²) in [7, 11) is 0. The Balaban J connectivity index is 2.87. The van der Waals surface area contributed by atoms with Crippen molar-refractivity contribution in [2.24, 2.45) is 11.5 Å². The van der Waals surface area contributed by atoms with Gasteiger partial charge >= 0.3 is 0 Å². The highest BCUT2D eigenvalue weighted by molar-refractivity contribution is 6.10. The molecule has 0 saturated heterocycles. The smallest absolute Gasteiger partial charge is 0.192 e. The van der Waals surface area contributed by atoms with Crippen LogP contribution in [0.5, 0.6) is 5.75 Å². The number of carbonyl (C=O) groups is 1. The maximum Gasteiger partial charge on any atom is 0.192 e. The van der Waals surface area contributed by atoms with Crippen molar-refractivity contribution in [2.45, 2.75) is 27.7 Å². The summed E-state index contributed by atoms with van der Waals surface area (Å²) >= 11 is 0. The van der Waals surface area contributed by atoms with Crippen LogP contribution in [0.2, 0.25) is 0 Å². The van der Waals surface area contributed by atoms with E-state index in [0.29, 0.717) is 45.6 Å². The van der Waals surface area contributed by atoms with E-state index < -0.39 is 0 Å². The molecule has 0 aliphatic rings. The lowest BCUT2D eigenvalue weighted by Gasteiger charge is -2.09. The minimum absolute atomic E-state index is 0.204. The van der Waals surface area contributed by atoms with Gasteiger partial charge in [0, 0.05) is 28.6 Å². The first-order valence-electron chi connectivity index (χ1n) is 10.1. The van der Waals surface area contributed by atoms with E-state index >= 15 is 0 Å². The second-order valence-corrected chi connectivity index (χ2v) is 6.73.